The highest BCUT2D eigenvalue weighted by molar-refractivity contribution is 7.71. The third kappa shape index (κ3) is 4.64. The molecule has 0 aliphatic heterocycles. The van der Waals surface area contributed by atoms with E-state index in [-0.39, 0.29) is 22.7 Å². The molecule has 1 aromatic heterocycles. The van der Waals surface area contributed by atoms with Crippen molar-refractivity contribution in [3.05, 3.63) is 61.7 Å². The van der Waals surface area contributed by atoms with Crippen LogP contribution in [0.3, 0.4) is 0 Å². The van der Waals surface area contributed by atoms with Crippen LogP contribution in [0.4, 0.5) is 0 Å². The minimum Gasteiger partial charge on any atom is -0.335 e. The van der Waals surface area contributed by atoms with Gasteiger partial charge < -0.3 is 4.98 Å². The second-order valence-electron chi connectivity index (χ2n) is 4.53. The lowest BCUT2D eigenvalue weighted by Crippen LogP contribution is -2.23. The number of aromatic amines is 2. The molecule has 0 atom stereocenters. The van der Waals surface area contributed by atoms with E-state index in [9.17, 15) is 9.59 Å². The van der Waals surface area contributed by atoms with Crippen LogP contribution in [0.5, 0.6) is 0 Å². The Kier molecular flexibility index (Phi) is 5.24. The molecule has 3 N–H and O–H groups in total. The zero-order valence-electron chi connectivity index (χ0n) is 11.6. The highest BCUT2D eigenvalue weighted by Crippen LogP contribution is 2.10. The van der Waals surface area contributed by atoms with Crippen molar-refractivity contribution in [3.8, 4) is 0 Å². The number of amides is 1. The highest BCUT2D eigenvalue weighted by atomic mass is 35.5. The Hall–Kier alpha value is -2.25. The van der Waals surface area contributed by atoms with Crippen molar-refractivity contribution in [1.29, 1.82) is 0 Å². The number of nitrogens with zero attached hydrogens (tertiary/aromatic N) is 1. The summed E-state index contributed by atoms with van der Waals surface area (Å²) in [6, 6.07) is 8.38. The Morgan fingerprint density at radius 3 is 2.64 bits per heavy atom. The van der Waals surface area contributed by atoms with E-state index >= 15 is 0 Å². The van der Waals surface area contributed by atoms with Crippen LogP contribution in [0.1, 0.15) is 18.2 Å². The van der Waals surface area contributed by atoms with Crippen molar-refractivity contribution >= 4 is 35.4 Å². The van der Waals surface area contributed by atoms with Gasteiger partial charge in [0, 0.05) is 16.8 Å². The second-order valence-corrected chi connectivity index (χ2v) is 5.37. The number of carbonyl (C=O) groups excluding carboxylic acids is 1. The van der Waals surface area contributed by atoms with E-state index in [1.807, 2.05) is 0 Å². The Balaban J connectivity index is 2.02. The van der Waals surface area contributed by atoms with Crippen LogP contribution in [0, 0.1) is 4.77 Å². The van der Waals surface area contributed by atoms with E-state index in [2.05, 4.69) is 20.5 Å². The predicted octanol–water partition coefficient (Wildman–Crippen LogP) is 2.17. The number of nitrogens with one attached hydrogen (secondary N) is 3. The number of hydrazone groups is 1. The molecular weight excluding hydrogens is 324 g/mol. The molecule has 114 valence electrons. The average molecular weight is 337 g/mol. The van der Waals surface area contributed by atoms with Gasteiger partial charge in [0.1, 0.15) is 0 Å². The number of hydrogen-bond donors (Lipinski definition) is 3. The Labute approximate surface area is 136 Å². The van der Waals surface area contributed by atoms with Crippen LogP contribution in [-0.4, -0.2) is 21.6 Å². The summed E-state index contributed by atoms with van der Waals surface area (Å²) in [5, 5.41) is 4.64. The SMILES string of the molecule is C/C(=N/NC(=O)Cc1cc(=O)[nH]c(=S)[nH]1)c1ccc(Cl)cc1. The molecule has 6 nitrogen and oxygen atoms in total. The topological polar surface area (TPSA) is 90.1 Å². The van der Waals surface area contributed by atoms with E-state index in [4.69, 9.17) is 23.8 Å². The number of rotatable bonds is 4. The molecule has 8 heteroatoms. The molecule has 0 fully saturated rings. The van der Waals surface area contributed by atoms with Crippen molar-refractivity contribution < 1.29 is 4.79 Å². The lowest BCUT2D eigenvalue weighted by molar-refractivity contribution is -0.120. The molecule has 22 heavy (non-hydrogen) atoms. The molecule has 1 aromatic carbocycles. The second kappa shape index (κ2) is 7.15. The summed E-state index contributed by atoms with van der Waals surface area (Å²) < 4.78 is 0.177. The van der Waals surface area contributed by atoms with E-state index < -0.39 is 0 Å². The minimum atomic E-state index is -0.357. The van der Waals surface area contributed by atoms with Gasteiger partial charge in [-0.3, -0.25) is 14.6 Å². The molecule has 0 aliphatic carbocycles. The van der Waals surface area contributed by atoms with Crippen molar-refractivity contribution in [2.45, 2.75) is 13.3 Å². The van der Waals surface area contributed by atoms with Crippen LogP contribution in [0.2, 0.25) is 5.02 Å². The van der Waals surface area contributed by atoms with E-state index in [1.165, 1.54) is 6.07 Å². The Morgan fingerprint density at radius 2 is 2.00 bits per heavy atom. The molecule has 0 aliphatic rings. The van der Waals surface area contributed by atoms with Gasteiger partial charge in [0.2, 0.25) is 5.91 Å². The standard InChI is InChI=1S/C14H13ClN4O2S/c1-8(9-2-4-10(15)5-3-9)18-19-13(21)7-11-6-12(20)17-14(22)16-11/h2-6H,7H2,1H3,(H,19,21)(H2,16,17,20,22)/b18-8-. The van der Waals surface area contributed by atoms with Crippen LogP contribution in [0.25, 0.3) is 0 Å². The molecule has 0 bridgehead atoms. The molecule has 0 saturated heterocycles. The zero-order chi connectivity index (χ0) is 16.1. The van der Waals surface area contributed by atoms with Crippen molar-refractivity contribution in [3.63, 3.8) is 0 Å². The van der Waals surface area contributed by atoms with Gasteiger partial charge in [-0.1, -0.05) is 23.7 Å². The van der Waals surface area contributed by atoms with Gasteiger partial charge in [-0.05, 0) is 36.8 Å². The molecule has 0 unspecified atom stereocenters. The average Bonchev–Trinajstić information content (AvgIpc) is 2.44. The smallest absolute Gasteiger partial charge is 0.251 e. The number of hydrogen-bond acceptors (Lipinski definition) is 4. The number of H-pyrrole nitrogens is 2. The molecule has 0 spiro atoms. The summed E-state index contributed by atoms with van der Waals surface area (Å²) in [5.74, 6) is -0.357. The van der Waals surface area contributed by atoms with Crippen molar-refractivity contribution in [1.82, 2.24) is 15.4 Å². The third-order valence-corrected chi connectivity index (χ3v) is 3.23. The number of halogens is 1. The maximum absolute atomic E-state index is 11.8. The van der Waals surface area contributed by atoms with Crippen molar-refractivity contribution in [2.75, 3.05) is 0 Å². The van der Waals surface area contributed by atoms with Gasteiger partial charge >= 0.3 is 0 Å². The monoisotopic (exact) mass is 336 g/mol. The first-order valence-corrected chi connectivity index (χ1v) is 7.14. The van der Waals surface area contributed by atoms with Gasteiger partial charge in [-0.2, -0.15) is 5.10 Å². The number of benzene rings is 1. The van der Waals surface area contributed by atoms with Crippen molar-refractivity contribution in [2.24, 2.45) is 5.10 Å². The normalized spacial score (nSPS) is 11.3. The number of aromatic nitrogens is 2. The summed E-state index contributed by atoms with van der Waals surface area (Å²) in [5.41, 5.74) is 3.99. The summed E-state index contributed by atoms with van der Waals surface area (Å²) in [6.45, 7) is 1.77. The van der Waals surface area contributed by atoms with Gasteiger partial charge in [-0.15, -0.1) is 0 Å². The molecule has 2 aromatic rings. The Bertz CT molecular complexity index is 795. The Morgan fingerprint density at radius 1 is 1.32 bits per heavy atom. The van der Waals surface area contributed by atoms with Crippen LogP contribution in [0.15, 0.2) is 40.2 Å². The van der Waals surface area contributed by atoms with E-state index in [0.29, 0.717) is 16.4 Å². The van der Waals surface area contributed by atoms with Crippen LogP contribution in [-0.2, 0) is 11.2 Å². The molecule has 1 amide bonds. The predicted molar refractivity (Wildman–Crippen MR) is 87.8 cm³/mol. The lowest BCUT2D eigenvalue weighted by Gasteiger charge is -2.03. The largest absolute Gasteiger partial charge is 0.335 e. The first-order valence-electron chi connectivity index (χ1n) is 6.35. The third-order valence-electron chi connectivity index (χ3n) is 2.78. The quantitative estimate of drug-likeness (QED) is 0.454. The lowest BCUT2D eigenvalue weighted by atomic mass is 10.1. The maximum atomic E-state index is 11.8. The fourth-order valence-corrected chi connectivity index (χ4v) is 2.09. The molecule has 0 saturated carbocycles. The zero-order valence-corrected chi connectivity index (χ0v) is 13.2. The minimum absolute atomic E-state index is 0.0229. The first kappa shape index (κ1) is 16.1. The van der Waals surface area contributed by atoms with Crippen LogP contribution >= 0.6 is 23.8 Å². The summed E-state index contributed by atoms with van der Waals surface area (Å²) in [4.78, 5) is 28.2. The molecular formula is C14H13ClN4O2S. The molecule has 1 heterocycles. The molecule has 0 radical (unpaired) electrons. The first-order chi connectivity index (χ1) is 10.4. The van der Waals surface area contributed by atoms with Gasteiger partial charge in [-0.25, -0.2) is 5.43 Å². The fourth-order valence-electron chi connectivity index (χ4n) is 1.73. The summed E-state index contributed by atoms with van der Waals surface area (Å²) >= 11 is 10.6. The summed E-state index contributed by atoms with van der Waals surface area (Å²) in [7, 11) is 0. The van der Waals surface area contributed by atoms with E-state index in [0.717, 1.165) is 5.56 Å². The fraction of sp³-hybridized carbons (Fsp3) is 0.143. The van der Waals surface area contributed by atoms with Crippen LogP contribution < -0.4 is 11.0 Å². The maximum Gasteiger partial charge on any atom is 0.251 e. The van der Waals surface area contributed by atoms with Gasteiger partial charge in [0.15, 0.2) is 4.77 Å². The number of carbonyl (C=O) groups is 1. The molecule has 2 rings (SSSR count). The summed E-state index contributed by atoms with van der Waals surface area (Å²) in [6.07, 6.45) is -0.0229. The van der Waals surface area contributed by atoms with Gasteiger partial charge in [0.05, 0.1) is 12.1 Å². The van der Waals surface area contributed by atoms with Gasteiger partial charge in [0.25, 0.3) is 5.56 Å². The van der Waals surface area contributed by atoms with E-state index in [1.54, 1.807) is 31.2 Å². The highest BCUT2D eigenvalue weighted by Gasteiger charge is 2.05.